The third-order valence-electron chi connectivity index (χ3n) is 4.21. The van der Waals surface area contributed by atoms with E-state index in [0.717, 1.165) is 12.2 Å². The molecule has 2 rings (SSSR count). The Hall–Kier alpha value is -1.09. The first-order chi connectivity index (χ1) is 9.15. The second-order valence-electron chi connectivity index (χ2n) is 5.58. The summed E-state index contributed by atoms with van der Waals surface area (Å²) < 4.78 is 2.01. The Labute approximate surface area is 117 Å². The molecule has 1 aliphatic rings. The van der Waals surface area contributed by atoms with Crippen LogP contribution in [0.2, 0.25) is 0 Å². The standard InChI is InChI=1S/C16H27N3/c1-5-17-16(14-10-8-6-7-9-11-14)15-12(2)18-19(4)13(15)3/h10,16-17H,5-9,11H2,1-4H3. The number of nitrogens with one attached hydrogen (secondary N) is 1. The van der Waals surface area contributed by atoms with E-state index in [-0.39, 0.29) is 0 Å². The van der Waals surface area contributed by atoms with Crippen molar-refractivity contribution in [2.24, 2.45) is 7.05 Å². The van der Waals surface area contributed by atoms with Crippen molar-refractivity contribution < 1.29 is 0 Å². The summed E-state index contributed by atoms with van der Waals surface area (Å²) in [4.78, 5) is 0. The zero-order valence-electron chi connectivity index (χ0n) is 12.8. The molecule has 0 fully saturated rings. The van der Waals surface area contributed by atoms with E-state index in [1.54, 1.807) is 5.57 Å². The minimum Gasteiger partial charge on any atom is -0.307 e. The maximum absolute atomic E-state index is 4.58. The Morgan fingerprint density at radius 3 is 2.74 bits per heavy atom. The summed E-state index contributed by atoms with van der Waals surface area (Å²) >= 11 is 0. The van der Waals surface area contributed by atoms with Crippen LogP contribution in [0, 0.1) is 13.8 Å². The summed E-state index contributed by atoms with van der Waals surface area (Å²) in [6, 6.07) is 0.358. The molecule has 3 nitrogen and oxygen atoms in total. The van der Waals surface area contributed by atoms with Gasteiger partial charge >= 0.3 is 0 Å². The molecule has 0 radical (unpaired) electrons. The van der Waals surface area contributed by atoms with E-state index >= 15 is 0 Å². The Kier molecular flexibility index (Phi) is 4.81. The van der Waals surface area contributed by atoms with Gasteiger partial charge in [0.25, 0.3) is 0 Å². The highest BCUT2D eigenvalue weighted by molar-refractivity contribution is 5.35. The highest BCUT2D eigenvalue weighted by atomic mass is 15.3. The fourth-order valence-electron chi connectivity index (χ4n) is 3.13. The van der Waals surface area contributed by atoms with Crippen LogP contribution in [0.15, 0.2) is 11.6 Å². The van der Waals surface area contributed by atoms with Gasteiger partial charge in [-0.15, -0.1) is 0 Å². The predicted octanol–water partition coefficient (Wildman–Crippen LogP) is 3.58. The molecule has 1 aromatic heterocycles. The van der Waals surface area contributed by atoms with Crippen LogP contribution < -0.4 is 5.32 Å². The summed E-state index contributed by atoms with van der Waals surface area (Å²) in [6.07, 6.45) is 8.95. The molecule has 1 N–H and O–H groups in total. The maximum Gasteiger partial charge on any atom is 0.0647 e. The topological polar surface area (TPSA) is 29.9 Å². The van der Waals surface area contributed by atoms with Crippen LogP contribution in [0.4, 0.5) is 0 Å². The highest BCUT2D eigenvalue weighted by Crippen LogP contribution is 2.32. The lowest BCUT2D eigenvalue weighted by atomic mass is 9.93. The molecule has 1 heterocycles. The van der Waals surface area contributed by atoms with E-state index in [2.05, 4.69) is 37.3 Å². The van der Waals surface area contributed by atoms with Gasteiger partial charge in [0.05, 0.1) is 11.7 Å². The molecule has 0 saturated carbocycles. The molecule has 0 aromatic carbocycles. The molecule has 1 atom stereocenters. The van der Waals surface area contributed by atoms with E-state index in [0.29, 0.717) is 6.04 Å². The van der Waals surface area contributed by atoms with Crippen LogP contribution in [0.1, 0.15) is 62.0 Å². The fourth-order valence-corrected chi connectivity index (χ4v) is 3.13. The van der Waals surface area contributed by atoms with Crippen molar-refractivity contribution in [3.8, 4) is 0 Å². The molecule has 0 amide bonds. The minimum absolute atomic E-state index is 0.358. The monoisotopic (exact) mass is 261 g/mol. The highest BCUT2D eigenvalue weighted by Gasteiger charge is 2.23. The van der Waals surface area contributed by atoms with Crippen molar-refractivity contribution in [3.63, 3.8) is 0 Å². The Bertz CT molecular complexity index is 457. The molecule has 0 aliphatic heterocycles. The molecule has 0 spiro atoms. The van der Waals surface area contributed by atoms with Gasteiger partial charge in [-0.05, 0) is 46.1 Å². The number of hydrogen-bond acceptors (Lipinski definition) is 2. The lowest BCUT2D eigenvalue weighted by molar-refractivity contribution is 0.584. The van der Waals surface area contributed by atoms with Crippen LogP contribution in [0.5, 0.6) is 0 Å². The molecule has 1 aliphatic carbocycles. The molecule has 0 saturated heterocycles. The molecular formula is C16H27N3. The number of rotatable bonds is 4. The third kappa shape index (κ3) is 3.08. The summed E-state index contributed by atoms with van der Waals surface area (Å²) in [5.41, 5.74) is 5.40. The lowest BCUT2D eigenvalue weighted by Gasteiger charge is -2.22. The predicted molar refractivity (Wildman–Crippen MR) is 80.3 cm³/mol. The molecular weight excluding hydrogens is 234 g/mol. The zero-order valence-corrected chi connectivity index (χ0v) is 12.8. The number of nitrogens with zero attached hydrogens (tertiary/aromatic N) is 2. The number of hydrogen-bond donors (Lipinski definition) is 1. The van der Waals surface area contributed by atoms with Crippen molar-refractivity contribution in [2.45, 2.75) is 58.9 Å². The molecule has 106 valence electrons. The zero-order chi connectivity index (χ0) is 13.8. The van der Waals surface area contributed by atoms with Gasteiger partial charge in [0, 0.05) is 18.3 Å². The third-order valence-corrected chi connectivity index (χ3v) is 4.21. The average molecular weight is 261 g/mol. The SMILES string of the molecule is CCNC(C1=CCCCCC1)c1c(C)nn(C)c1C. The van der Waals surface area contributed by atoms with Crippen LogP contribution in [0.25, 0.3) is 0 Å². The Morgan fingerprint density at radius 1 is 1.32 bits per heavy atom. The molecule has 3 heteroatoms. The van der Waals surface area contributed by atoms with Gasteiger partial charge in [-0.2, -0.15) is 5.10 Å². The molecule has 0 bridgehead atoms. The quantitative estimate of drug-likeness (QED) is 0.840. The number of aryl methyl sites for hydroxylation is 2. The van der Waals surface area contributed by atoms with Crippen molar-refractivity contribution in [1.82, 2.24) is 15.1 Å². The van der Waals surface area contributed by atoms with Crippen LogP contribution in [-0.2, 0) is 7.05 Å². The van der Waals surface area contributed by atoms with Crippen molar-refractivity contribution in [3.05, 3.63) is 28.6 Å². The smallest absolute Gasteiger partial charge is 0.0647 e. The average Bonchev–Trinajstić information content (AvgIpc) is 2.62. The van der Waals surface area contributed by atoms with Crippen LogP contribution in [0.3, 0.4) is 0 Å². The van der Waals surface area contributed by atoms with Gasteiger partial charge in [0.1, 0.15) is 0 Å². The van der Waals surface area contributed by atoms with Gasteiger partial charge < -0.3 is 5.32 Å². The fraction of sp³-hybridized carbons (Fsp3) is 0.688. The second-order valence-corrected chi connectivity index (χ2v) is 5.58. The first kappa shape index (κ1) is 14.3. The van der Waals surface area contributed by atoms with Crippen molar-refractivity contribution >= 4 is 0 Å². The first-order valence-electron chi connectivity index (χ1n) is 7.57. The number of allylic oxidation sites excluding steroid dienone is 1. The van der Waals surface area contributed by atoms with Gasteiger partial charge in [0.2, 0.25) is 0 Å². The van der Waals surface area contributed by atoms with Gasteiger partial charge in [-0.1, -0.05) is 25.0 Å². The van der Waals surface area contributed by atoms with Gasteiger partial charge in [-0.3, -0.25) is 4.68 Å². The van der Waals surface area contributed by atoms with Crippen LogP contribution >= 0.6 is 0 Å². The second kappa shape index (κ2) is 6.38. The van der Waals surface area contributed by atoms with E-state index in [1.165, 1.54) is 43.4 Å². The molecule has 1 unspecified atom stereocenters. The van der Waals surface area contributed by atoms with E-state index in [9.17, 15) is 0 Å². The van der Waals surface area contributed by atoms with Crippen molar-refractivity contribution in [1.29, 1.82) is 0 Å². The summed E-state index contributed by atoms with van der Waals surface area (Å²) in [5, 5.41) is 8.25. The van der Waals surface area contributed by atoms with E-state index in [4.69, 9.17) is 0 Å². The summed E-state index contributed by atoms with van der Waals surface area (Å²) in [6.45, 7) is 7.49. The first-order valence-corrected chi connectivity index (χ1v) is 7.57. The summed E-state index contributed by atoms with van der Waals surface area (Å²) in [5.74, 6) is 0. The largest absolute Gasteiger partial charge is 0.307 e. The minimum atomic E-state index is 0.358. The van der Waals surface area contributed by atoms with E-state index in [1.807, 2.05) is 11.7 Å². The van der Waals surface area contributed by atoms with Crippen molar-refractivity contribution in [2.75, 3.05) is 6.54 Å². The Balaban J connectivity index is 2.36. The summed E-state index contributed by atoms with van der Waals surface area (Å²) in [7, 11) is 2.04. The molecule has 1 aromatic rings. The van der Waals surface area contributed by atoms with E-state index < -0.39 is 0 Å². The number of aromatic nitrogens is 2. The molecule has 19 heavy (non-hydrogen) atoms. The number of likely N-dealkylation sites (N-methyl/N-ethyl adjacent to an activating group) is 1. The van der Waals surface area contributed by atoms with Crippen LogP contribution in [-0.4, -0.2) is 16.3 Å². The maximum atomic E-state index is 4.58. The Morgan fingerprint density at radius 2 is 2.11 bits per heavy atom. The lowest BCUT2D eigenvalue weighted by Crippen LogP contribution is -2.24. The van der Waals surface area contributed by atoms with Gasteiger partial charge in [0.15, 0.2) is 0 Å². The normalized spacial score (nSPS) is 18.0. The van der Waals surface area contributed by atoms with Gasteiger partial charge in [-0.25, -0.2) is 0 Å².